The Morgan fingerprint density at radius 1 is 1.13 bits per heavy atom. The predicted molar refractivity (Wildman–Crippen MR) is 88.3 cm³/mol. The van der Waals surface area contributed by atoms with Gasteiger partial charge in [-0.2, -0.15) is 0 Å². The number of rotatable bonds is 12. The van der Waals surface area contributed by atoms with Crippen molar-refractivity contribution in [2.24, 2.45) is 0 Å². The first-order chi connectivity index (χ1) is 11.2. The van der Waals surface area contributed by atoms with Crippen molar-refractivity contribution in [3.8, 4) is 0 Å². The van der Waals surface area contributed by atoms with Crippen LogP contribution in [0.4, 0.5) is 0 Å². The smallest absolute Gasteiger partial charge is 0.379 e. The molecular weight excluding hydrogens is 316 g/mol. The minimum Gasteiger partial charge on any atom is -0.379 e. The Balaban J connectivity index is 1.87. The van der Waals surface area contributed by atoms with Crippen molar-refractivity contribution in [2.75, 3.05) is 39.6 Å². The van der Waals surface area contributed by atoms with Gasteiger partial charge in [-0.05, 0) is 33.6 Å². The molecular formula is C16H32O6Si. The van der Waals surface area contributed by atoms with Gasteiger partial charge in [0.1, 0.15) is 6.10 Å². The van der Waals surface area contributed by atoms with E-state index in [1.54, 1.807) is 0 Å². The maximum absolute atomic E-state index is 6.41. The van der Waals surface area contributed by atoms with Crippen LogP contribution in [0.15, 0.2) is 0 Å². The summed E-state index contributed by atoms with van der Waals surface area (Å²) in [6.07, 6.45) is 3.93. The molecule has 6 nitrogen and oxygen atoms in total. The lowest BCUT2D eigenvalue weighted by atomic mass is 10.1. The van der Waals surface area contributed by atoms with E-state index in [-0.39, 0.29) is 0 Å². The fourth-order valence-electron chi connectivity index (χ4n) is 3.08. The zero-order valence-corrected chi connectivity index (χ0v) is 15.8. The molecule has 0 bridgehead atoms. The van der Waals surface area contributed by atoms with Gasteiger partial charge < -0.3 is 27.5 Å². The molecule has 0 aliphatic carbocycles. The molecule has 0 aromatic carbocycles. The number of hydrogen-bond donors (Lipinski definition) is 0. The number of ether oxygens (including phenoxy) is 3. The Labute approximate surface area is 141 Å². The molecule has 23 heavy (non-hydrogen) atoms. The second-order valence-electron chi connectivity index (χ2n) is 5.98. The lowest BCUT2D eigenvalue weighted by Gasteiger charge is -2.44. The Morgan fingerprint density at radius 3 is 2.48 bits per heavy atom. The second-order valence-corrected chi connectivity index (χ2v) is 8.63. The third kappa shape index (κ3) is 6.08. The van der Waals surface area contributed by atoms with E-state index >= 15 is 0 Å². The van der Waals surface area contributed by atoms with Gasteiger partial charge in [-0.3, -0.25) is 0 Å². The van der Waals surface area contributed by atoms with Crippen molar-refractivity contribution in [2.45, 2.75) is 64.4 Å². The minimum absolute atomic E-state index is 0.317. The molecule has 2 aliphatic rings. The van der Waals surface area contributed by atoms with Crippen molar-refractivity contribution >= 4 is 8.80 Å². The molecule has 0 spiro atoms. The van der Waals surface area contributed by atoms with Gasteiger partial charge in [0, 0.05) is 45.3 Å². The second kappa shape index (κ2) is 9.46. The molecule has 136 valence electrons. The normalized spacial score (nSPS) is 29.6. The van der Waals surface area contributed by atoms with Gasteiger partial charge in [-0.25, -0.2) is 0 Å². The molecule has 2 unspecified atom stereocenters. The van der Waals surface area contributed by atoms with Gasteiger partial charge in [-0.1, -0.05) is 0 Å². The highest BCUT2D eigenvalue weighted by atomic mass is 28.4. The van der Waals surface area contributed by atoms with Crippen molar-refractivity contribution in [1.82, 2.24) is 0 Å². The first-order valence-electron chi connectivity index (χ1n) is 8.99. The van der Waals surface area contributed by atoms with Crippen molar-refractivity contribution in [1.29, 1.82) is 0 Å². The van der Waals surface area contributed by atoms with E-state index in [4.69, 9.17) is 27.5 Å². The van der Waals surface area contributed by atoms with Crippen LogP contribution in [0.25, 0.3) is 0 Å². The average Bonchev–Trinajstić information content (AvgIpc) is 3.32. The van der Waals surface area contributed by atoms with Gasteiger partial charge >= 0.3 is 8.80 Å². The van der Waals surface area contributed by atoms with Gasteiger partial charge in [0.05, 0.1) is 13.2 Å². The molecule has 2 aliphatic heterocycles. The van der Waals surface area contributed by atoms with E-state index in [1.165, 1.54) is 0 Å². The van der Waals surface area contributed by atoms with Crippen molar-refractivity contribution in [3.05, 3.63) is 0 Å². The maximum atomic E-state index is 6.41. The monoisotopic (exact) mass is 348 g/mol. The molecule has 0 aromatic heterocycles. The van der Waals surface area contributed by atoms with Gasteiger partial charge in [0.25, 0.3) is 0 Å². The van der Waals surface area contributed by atoms with Crippen LogP contribution in [0.1, 0.15) is 46.5 Å². The molecule has 2 heterocycles. The van der Waals surface area contributed by atoms with Crippen LogP contribution < -0.4 is 0 Å². The molecule has 0 N–H and O–H groups in total. The highest BCUT2D eigenvalue weighted by molar-refractivity contribution is 6.61. The number of hydrogen-bond acceptors (Lipinski definition) is 6. The summed E-state index contributed by atoms with van der Waals surface area (Å²) in [7, 11) is -2.62. The highest BCUT2D eigenvalue weighted by Crippen LogP contribution is 2.38. The zero-order chi connectivity index (χ0) is 16.6. The van der Waals surface area contributed by atoms with E-state index < -0.39 is 14.6 Å². The van der Waals surface area contributed by atoms with Crippen LogP contribution in [0.2, 0.25) is 6.04 Å². The summed E-state index contributed by atoms with van der Waals surface area (Å²) in [6, 6.07) is 0.874. The Hall–Kier alpha value is -0.0231. The van der Waals surface area contributed by atoms with Crippen LogP contribution in [0, 0.1) is 0 Å². The lowest BCUT2D eigenvalue weighted by Crippen LogP contribution is -2.57. The van der Waals surface area contributed by atoms with E-state index in [1.807, 2.05) is 20.8 Å². The first-order valence-corrected chi connectivity index (χ1v) is 10.9. The third-order valence-electron chi connectivity index (χ3n) is 4.07. The van der Waals surface area contributed by atoms with Crippen molar-refractivity contribution in [3.63, 3.8) is 0 Å². The Morgan fingerprint density at radius 2 is 1.87 bits per heavy atom. The molecule has 2 atom stereocenters. The summed E-state index contributed by atoms with van der Waals surface area (Å²) in [5.74, 6) is -0.580. The Bertz CT molecular complexity index is 323. The summed E-state index contributed by atoms with van der Waals surface area (Å²) < 4.78 is 35.1. The van der Waals surface area contributed by atoms with Crippen LogP contribution >= 0.6 is 0 Å². The SMILES string of the molecule is CCOC1(CCCOCC2CO2)CCC[Si](OCC)(OCC)O1. The molecule has 0 radical (unpaired) electrons. The first kappa shape index (κ1) is 19.3. The fourth-order valence-corrected chi connectivity index (χ4v) is 5.99. The predicted octanol–water partition coefficient (Wildman–Crippen LogP) is 2.74. The van der Waals surface area contributed by atoms with Crippen LogP contribution in [-0.2, 0) is 27.5 Å². The summed E-state index contributed by atoms with van der Waals surface area (Å²) in [5.41, 5.74) is 0. The number of epoxide rings is 1. The van der Waals surface area contributed by atoms with Crippen LogP contribution in [0.3, 0.4) is 0 Å². The van der Waals surface area contributed by atoms with E-state index in [9.17, 15) is 0 Å². The zero-order valence-electron chi connectivity index (χ0n) is 14.8. The lowest BCUT2D eigenvalue weighted by molar-refractivity contribution is -0.227. The summed E-state index contributed by atoms with van der Waals surface area (Å²) >= 11 is 0. The Kier molecular flexibility index (Phi) is 7.94. The molecule has 7 heteroatoms. The topological polar surface area (TPSA) is 58.7 Å². The average molecular weight is 349 g/mol. The summed E-state index contributed by atoms with van der Waals surface area (Å²) in [5, 5.41) is 0. The van der Waals surface area contributed by atoms with E-state index in [0.717, 1.165) is 38.3 Å². The standard InChI is InChI=1S/C16H32O6Si/c1-4-19-16(9-7-11-17-13-15-14-18-15)10-8-12-23(22-16,20-5-2)21-6-3/h15H,4-14H2,1-3H3. The molecule has 2 rings (SSSR count). The van der Waals surface area contributed by atoms with Crippen molar-refractivity contribution < 1.29 is 27.5 Å². The summed E-state index contributed by atoms with van der Waals surface area (Å²) in [4.78, 5) is 0. The van der Waals surface area contributed by atoms with Gasteiger partial charge in [-0.15, -0.1) is 0 Å². The molecule has 0 aromatic rings. The van der Waals surface area contributed by atoms with E-state index in [0.29, 0.717) is 39.1 Å². The largest absolute Gasteiger partial charge is 0.503 e. The van der Waals surface area contributed by atoms with Crippen LogP contribution in [-0.4, -0.2) is 60.3 Å². The maximum Gasteiger partial charge on any atom is 0.503 e. The van der Waals surface area contributed by atoms with Crippen LogP contribution in [0.5, 0.6) is 0 Å². The fraction of sp³-hybridized carbons (Fsp3) is 1.00. The third-order valence-corrected chi connectivity index (χ3v) is 7.18. The summed E-state index contributed by atoms with van der Waals surface area (Å²) in [6.45, 7) is 10.1. The molecule has 2 fully saturated rings. The van der Waals surface area contributed by atoms with E-state index in [2.05, 4.69) is 0 Å². The van der Waals surface area contributed by atoms with Gasteiger partial charge in [0.2, 0.25) is 0 Å². The highest BCUT2D eigenvalue weighted by Gasteiger charge is 2.52. The molecule has 2 saturated heterocycles. The van der Waals surface area contributed by atoms with Gasteiger partial charge in [0.15, 0.2) is 5.79 Å². The molecule has 0 saturated carbocycles. The molecule has 0 amide bonds. The quantitative estimate of drug-likeness (QED) is 0.307. The minimum atomic E-state index is -2.62.